The van der Waals surface area contributed by atoms with Crippen LogP contribution in [0.3, 0.4) is 0 Å². The minimum absolute atomic E-state index is 0.0892. The Kier molecular flexibility index (Phi) is 5.39. The van der Waals surface area contributed by atoms with Crippen molar-refractivity contribution in [2.75, 3.05) is 5.32 Å². The van der Waals surface area contributed by atoms with Gasteiger partial charge in [0.05, 0.1) is 11.8 Å². The van der Waals surface area contributed by atoms with Crippen molar-refractivity contribution in [3.05, 3.63) is 71.9 Å². The van der Waals surface area contributed by atoms with Crippen LogP contribution in [0.4, 0.5) is 18.9 Å². The predicted octanol–water partition coefficient (Wildman–Crippen LogP) is 5.38. The number of carbonyl (C=O) groups excluding carboxylic acids is 2. The number of nitrogens with one attached hydrogen (secondary N) is 1. The molecule has 0 unspecified atom stereocenters. The van der Waals surface area contributed by atoms with Gasteiger partial charge in [-0.1, -0.05) is 29.8 Å². The number of anilines is 1. The summed E-state index contributed by atoms with van der Waals surface area (Å²) in [5.41, 5.74) is -0.465. The van der Waals surface area contributed by atoms with Gasteiger partial charge in [-0.25, -0.2) is 0 Å². The number of hydrogen-bond donors (Lipinski definition) is 1. The SMILES string of the molecule is O=C(CC1(c2ccccc2C(F)(F)F)CCC1)C(=O)Nc1ccc(-c2ccno2)cc1. The molecule has 8 heteroatoms. The highest BCUT2D eigenvalue weighted by Gasteiger charge is 2.46. The molecular formula is C23H19F3N2O3. The van der Waals surface area contributed by atoms with Crippen molar-refractivity contribution in [3.63, 3.8) is 0 Å². The zero-order chi connectivity index (χ0) is 22.1. The van der Waals surface area contributed by atoms with E-state index in [4.69, 9.17) is 4.52 Å². The Labute approximate surface area is 176 Å². The van der Waals surface area contributed by atoms with Crippen LogP contribution < -0.4 is 5.32 Å². The van der Waals surface area contributed by atoms with E-state index in [1.165, 1.54) is 24.4 Å². The monoisotopic (exact) mass is 428 g/mol. The molecule has 0 aliphatic heterocycles. The van der Waals surface area contributed by atoms with Gasteiger partial charge < -0.3 is 9.84 Å². The Morgan fingerprint density at radius 1 is 1.03 bits per heavy atom. The minimum atomic E-state index is -4.52. The maximum Gasteiger partial charge on any atom is 0.416 e. The number of halogens is 3. The fraction of sp³-hybridized carbons (Fsp3) is 0.261. The third kappa shape index (κ3) is 4.23. The molecule has 160 valence electrons. The summed E-state index contributed by atoms with van der Waals surface area (Å²) >= 11 is 0. The summed E-state index contributed by atoms with van der Waals surface area (Å²) < 4.78 is 45.5. The van der Waals surface area contributed by atoms with E-state index in [-0.39, 0.29) is 12.0 Å². The molecule has 0 radical (unpaired) electrons. The largest absolute Gasteiger partial charge is 0.416 e. The van der Waals surface area contributed by atoms with Crippen molar-refractivity contribution < 1.29 is 27.3 Å². The van der Waals surface area contributed by atoms with Gasteiger partial charge in [0.2, 0.25) is 5.78 Å². The third-order valence-electron chi connectivity index (χ3n) is 5.73. The van der Waals surface area contributed by atoms with Gasteiger partial charge in [0.1, 0.15) is 0 Å². The summed E-state index contributed by atoms with van der Waals surface area (Å²) in [5, 5.41) is 6.15. The molecule has 4 rings (SSSR count). The van der Waals surface area contributed by atoms with Crippen LogP contribution in [-0.4, -0.2) is 16.8 Å². The standard InChI is InChI=1S/C23H19F3N2O3/c24-23(25,26)18-5-2-1-4-17(18)22(11-3-12-22)14-19(29)21(30)28-16-8-6-15(7-9-16)20-10-13-27-31-20/h1-2,4-10,13H,3,11-12,14H2,(H,28,30). The first-order valence-electron chi connectivity index (χ1n) is 9.81. The van der Waals surface area contributed by atoms with Crippen LogP contribution >= 0.6 is 0 Å². The van der Waals surface area contributed by atoms with Gasteiger partial charge in [0.15, 0.2) is 5.76 Å². The Hall–Kier alpha value is -3.42. The van der Waals surface area contributed by atoms with Crippen LogP contribution in [0.25, 0.3) is 11.3 Å². The number of amides is 1. The lowest BCUT2D eigenvalue weighted by Crippen LogP contribution is -2.41. The molecular weight excluding hydrogens is 409 g/mol. The third-order valence-corrected chi connectivity index (χ3v) is 5.73. The molecule has 1 fully saturated rings. The lowest BCUT2D eigenvalue weighted by molar-refractivity contribution is -0.140. The van der Waals surface area contributed by atoms with Gasteiger partial charge in [0, 0.05) is 29.2 Å². The molecule has 0 spiro atoms. The van der Waals surface area contributed by atoms with Gasteiger partial charge in [0.25, 0.3) is 5.91 Å². The number of aromatic nitrogens is 1. The summed E-state index contributed by atoms with van der Waals surface area (Å²) in [7, 11) is 0. The zero-order valence-corrected chi connectivity index (χ0v) is 16.4. The maximum atomic E-state index is 13.5. The van der Waals surface area contributed by atoms with Crippen molar-refractivity contribution in [1.29, 1.82) is 0 Å². The lowest BCUT2D eigenvalue weighted by atomic mass is 9.60. The second-order valence-electron chi connectivity index (χ2n) is 7.69. The van der Waals surface area contributed by atoms with Crippen molar-refractivity contribution >= 4 is 17.4 Å². The molecule has 31 heavy (non-hydrogen) atoms. The Morgan fingerprint density at radius 2 is 1.74 bits per heavy atom. The maximum absolute atomic E-state index is 13.5. The van der Waals surface area contributed by atoms with Crippen molar-refractivity contribution in [3.8, 4) is 11.3 Å². The number of carbonyl (C=O) groups is 2. The van der Waals surface area contributed by atoms with E-state index in [0.717, 1.165) is 11.6 Å². The number of Topliss-reactive ketones (excluding diaryl/α,β-unsaturated/α-hetero) is 1. The molecule has 0 saturated heterocycles. The molecule has 1 heterocycles. The molecule has 1 aliphatic rings. The highest BCUT2D eigenvalue weighted by atomic mass is 19.4. The van der Waals surface area contributed by atoms with Gasteiger partial charge in [-0.05, 0) is 48.7 Å². The van der Waals surface area contributed by atoms with Gasteiger partial charge in [-0.15, -0.1) is 0 Å². The highest BCUT2D eigenvalue weighted by molar-refractivity contribution is 6.40. The predicted molar refractivity (Wildman–Crippen MR) is 107 cm³/mol. The number of benzene rings is 2. The average Bonchev–Trinajstić information content (AvgIpc) is 3.25. The molecule has 1 N–H and O–H groups in total. The summed E-state index contributed by atoms with van der Waals surface area (Å²) in [5.74, 6) is -1.02. The first-order chi connectivity index (χ1) is 14.8. The quantitative estimate of drug-likeness (QED) is 0.535. The van der Waals surface area contributed by atoms with Crippen molar-refractivity contribution in [1.82, 2.24) is 5.16 Å². The normalized spacial score (nSPS) is 15.2. The van der Waals surface area contributed by atoms with Crippen LogP contribution in [0.5, 0.6) is 0 Å². The molecule has 0 bridgehead atoms. The van der Waals surface area contributed by atoms with Crippen LogP contribution in [0.15, 0.2) is 65.3 Å². The topological polar surface area (TPSA) is 72.2 Å². The smallest absolute Gasteiger partial charge is 0.356 e. The van der Waals surface area contributed by atoms with E-state index in [9.17, 15) is 22.8 Å². The number of rotatable bonds is 6. The fourth-order valence-electron chi connectivity index (χ4n) is 4.01. The first kappa shape index (κ1) is 20.8. The van der Waals surface area contributed by atoms with Crippen molar-refractivity contribution in [2.24, 2.45) is 0 Å². The minimum Gasteiger partial charge on any atom is -0.356 e. The Balaban J connectivity index is 1.48. The molecule has 1 aromatic heterocycles. The molecule has 2 aromatic carbocycles. The Bertz CT molecular complexity index is 1090. The second-order valence-corrected chi connectivity index (χ2v) is 7.69. The van der Waals surface area contributed by atoms with E-state index in [2.05, 4.69) is 10.5 Å². The molecule has 1 saturated carbocycles. The van der Waals surface area contributed by atoms with Gasteiger partial charge >= 0.3 is 6.18 Å². The summed E-state index contributed by atoms with van der Waals surface area (Å²) in [6.45, 7) is 0. The number of alkyl halides is 3. The van der Waals surface area contributed by atoms with Crippen LogP contribution in [0.1, 0.15) is 36.8 Å². The number of hydrogen-bond acceptors (Lipinski definition) is 4. The molecule has 1 amide bonds. The summed E-state index contributed by atoms with van der Waals surface area (Å²) in [6, 6.07) is 13.6. The van der Waals surface area contributed by atoms with Crippen LogP contribution in [0, 0.1) is 0 Å². The van der Waals surface area contributed by atoms with Gasteiger partial charge in [-0.2, -0.15) is 13.2 Å². The molecule has 0 atom stereocenters. The van der Waals surface area contributed by atoms with Crippen LogP contribution in [0.2, 0.25) is 0 Å². The first-order valence-corrected chi connectivity index (χ1v) is 9.81. The van der Waals surface area contributed by atoms with Crippen molar-refractivity contribution in [2.45, 2.75) is 37.3 Å². The highest BCUT2D eigenvalue weighted by Crippen LogP contribution is 2.50. The Morgan fingerprint density at radius 3 is 2.32 bits per heavy atom. The van der Waals surface area contributed by atoms with Crippen LogP contribution in [-0.2, 0) is 21.2 Å². The molecule has 5 nitrogen and oxygen atoms in total. The van der Waals surface area contributed by atoms with E-state index in [1.807, 2.05) is 0 Å². The van der Waals surface area contributed by atoms with E-state index >= 15 is 0 Å². The molecule has 3 aromatic rings. The van der Waals surface area contributed by atoms with E-state index in [0.29, 0.717) is 30.7 Å². The second kappa shape index (κ2) is 8.02. The number of nitrogens with zero attached hydrogens (tertiary/aromatic N) is 1. The number of ketones is 1. The zero-order valence-electron chi connectivity index (χ0n) is 16.4. The van der Waals surface area contributed by atoms with E-state index < -0.39 is 28.8 Å². The lowest BCUT2D eigenvalue weighted by Gasteiger charge is -2.43. The van der Waals surface area contributed by atoms with E-state index in [1.54, 1.807) is 30.3 Å². The molecule has 1 aliphatic carbocycles. The van der Waals surface area contributed by atoms with Gasteiger partial charge in [-0.3, -0.25) is 9.59 Å². The average molecular weight is 428 g/mol. The summed E-state index contributed by atoms with van der Waals surface area (Å²) in [4.78, 5) is 25.1. The summed E-state index contributed by atoms with van der Waals surface area (Å²) in [6.07, 6.45) is -1.69. The fourth-order valence-corrected chi connectivity index (χ4v) is 4.01.